The van der Waals surface area contributed by atoms with Gasteiger partial charge in [-0.3, -0.25) is 4.79 Å². The molecule has 0 unspecified atom stereocenters. The van der Waals surface area contributed by atoms with Crippen molar-refractivity contribution in [1.29, 1.82) is 0 Å². The number of rotatable bonds is 8. The third-order valence-corrected chi connectivity index (χ3v) is 5.74. The number of halogens is 1. The van der Waals surface area contributed by atoms with E-state index in [1.54, 1.807) is 4.90 Å². The number of anilines is 1. The highest BCUT2D eigenvalue weighted by Crippen LogP contribution is 2.16. The summed E-state index contributed by atoms with van der Waals surface area (Å²) in [5.74, 6) is -0.0182. The summed E-state index contributed by atoms with van der Waals surface area (Å²) in [5, 5.41) is 3.03. The fraction of sp³-hybridized carbons (Fsp3) is 0.435. The van der Waals surface area contributed by atoms with Gasteiger partial charge >= 0.3 is 0 Å². The van der Waals surface area contributed by atoms with Crippen LogP contribution in [0.15, 0.2) is 48.5 Å². The van der Waals surface area contributed by atoms with E-state index in [2.05, 4.69) is 41.5 Å². The number of benzene rings is 2. The number of piperazine rings is 1. The summed E-state index contributed by atoms with van der Waals surface area (Å²) in [6, 6.07) is 14.5. The van der Waals surface area contributed by atoms with Crippen molar-refractivity contribution in [1.82, 2.24) is 5.32 Å². The number of carbonyl (C=O) groups is 1. The van der Waals surface area contributed by atoms with Crippen LogP contribution in [0.2, 0.25) is 0 Å². The topological polar surface area (TPSA) is 50.5 Å². The molecule has 2 aromatic carbocycles. The average Bonchev–Trinajstić information content (AvgIpc) is 2.75. The minimum absolute atomic E-state index is 0.0832. The Morgan fingerprint density at radius 2 is 1.70 bits per heavy atom. The van der Waals surface area contributed by atoms with Gasteiger partial charge in [0.25, 0.3) is 5.91 Å². The minimum atomic E-state index is -0.327. The van der Waals surface area contributed by atoms with Gasteiger partial charge in [0.05, 0.1) is 13.6 Å². The van der Waals surface area contributed by atoms with Crippen molar-refractivity contribution in [3.63, 3.8) is 0 Å². The molecule has 1 aliphatic rings. The maximum Gasteiger partial charge on any atom is 0.258 e. The van der Waals surface area contributed by atoms with Crippen LogP contribution in [-0.4, -0.2) is 66.4 Å². The largest absolute Gasteiger partial charge is 0.484 e. The molecule has 3 rings (SSSR count). The third kappa shape index (κ3) is 6.18. The molecular formula is C23H33FN4O2+2. The van der Waals surface area contributed by atoms with E-state index in [0.717, 1.165) is 31.9 Å². The molecule has 1 heterocycles. The molecule has 6 nitrogen and oxygen atoms in total. The van der Waals surface area contributed by atoms with E-state index in [1.165, 1.54) is 34.7 Å². The average molecular weight is 417 g/mol. The Labute approximate surface area is 178 Å². The molecule has 1 fully saturated rings. The van der Waals surface area contributed by atoms with Gasteiger partial charge < -0.3 is 24.8 Å². The summed E-state index contributed by atoms with van der Waals surface area (Å²) in [5.41, 5.74) is 2.39. The third-order valence-electron chi connectivity index (χ3n) is 5.74. The molecule has 1 atom stereocenters. The Morgan fingerprint density at radius 3 is 2.30 bits per heavy atom. The van der Waals surface area contributed by atoms with Crippen LogP contribution < -0.4 is 24.8 Å². The Morgan fingerprint density at radius 1 is 1.07 bits per heavy atom. The zero-order valence-electron chi connectivity index (χ0n) is 18.1. The highest BCUT2D eigenvalue weighted by Gasteiger charge is 2.29. The number of hydrogen-bond acceptors (Lipinski definition) is 3. The normalized spacial score (nSPS) is 19.7. The van der Waals surface area contributed by atoms with Crippen LogP contribution in [0.1, 0.15) is 11.6 Å². The number of hydrogen-bond donors (Lipinski definition) is 3. The van der Waals surface area contributed by atoms with Crippen LogP contribution in [0.3, 0.4) is 0 Å². The van der Waals surface area contributed by atoms with Gasteiger partial charge in [0.1, 0.15) is 43.8 Å². The Balaban J connectivity index is 1.61. The Hall–Kier alpha value is -2.64. The molecule has 0 bridgehead atoms. The van der Waals surface area contributed by atoms with Crippen molar-refractivity contribution in [3.8, 4) is 5.75 Å². The molecular weight excluding hydrogens is 383 g/mol. The fourth-order valence-electron chi connectivity index (χ4n) is 3.80. The second-order valence-corrected chi connectivity index (χ2v) is 8.20. The van der Waals surface area contributed by atoms with Crippen molar-refractivity contribution >= 4 is 11.6 Å². The summed E-state index contributed by atoms with van der Waals surface area (Å²) >= 11 is 0. The van der Waals surface area contributed by atoms with Crippen molar-refractivity contribution < 1.29 is 23.7 Å². The van der Waals surface area contributed by atoms with E-state index in [9.17, 15) is 9.18 Å². The van der Waals surface area contributed by atoms with Gasteiger partial charge in [-0.25, -0.2) is 4.39 Å². The van der Waals surface area contributed by atoms with Crippen molar-refractivity contribution in [2.24, 2.45) is 0 Å². The summed E-state index contributed by atoms with van der Waals surface area (Å²) in [4.78, 5) is 17.5. The molecule has 0 aromatic heterocycles. The first-order chi connectivity index (χ1) is 14.4. The predicted molar refractivity (Wildman–Crippen MR) is 116 cm³/mol. The quantitative estimate of drug-likeness (QED) is 0.546. The molecule has 0 saturated carbocycles. The highest BCUT2D eigenvalue weighted by atomic mass is 19.1. The second kappa shape index (κ2) is 10.4. The number of amides is 1. The molecule has 0 aliphatic carbocycles. The van der Waals surface area contributed by atoms with Crippen molar-refractivity contribution in [2.45, 2.75) is 6.04 Å². The zero-order chi connectivity index (χ0) is 21.5. The standard InChI is InChI=1S/C23H31FN4O2/c1-26(2)20-8-4-18(5-9-20)22(28-14-12-27(3)13-15-28)16-25-23(29)17-30-21-10-6-19(24)7-11-21/h4-11,22H,12-17H2,1-3H3,(H,25,29)/p+2/t22-/m1/s1. The summed E-state index contributed by atoms with van der Waals surface area (Å²) in [7, 11) is 6.29. The van der Waals surface area contributed by atoms with E-state index in [4.69, 9.17) is 4.74 Å². The van der Waals surface area contributed by atoms with Crippen LogP contribution in [0.25, 0.3) is 0 Å². The molecule has 1 saturated heterocycles. The molecule has 1 amide bonds. The number of ether oxygens (including phenoxy) is 1. The van der Waals surface area contributed by atoms with Crippen LogP contribution in [0.5, 0.6) is 5.75 Å². The second-order valence-electron chi connectivity index (χ2n) is 8.20. The van der Waals surface area contributed by atoms with Gasteiger partial charge in [0.2, 0.25) is 0 Å². The van der Waals surface area contributed by atoms with Crippen LogP contribution >= 0.6 is 0 Å². The first-order valence-corrected chi connectivity index (χ1v) is 10.5. The molecule has 30 heavy (non-hydrogen) atoms. The van der Waals surface area contributed by atoms with E-state index in [0.29, 0.717) is 12.3 Å². The number of likely N-dealkylation sites (N-methyl/N-ethyl adjacent to an activating group) is 1. The molecule has 7 heteroatoms. The van der Waals surface area contributed by atoms with Gasteiger partial charge in [0, 0.05) is 25.3 Å². The molecule has 162 valence electrons. The molecule has 0 radical (unpaired) electrons. The highest BCUT2D eigenvalue weighted by molar-refractivity contribution is 5.77. The van der Waals surface area contributed by atoms with E-state index >= 15 is 0 Å². The molecule has 3 N–H and O–H groups in total. The lowest BCUT2D eigenvalue weighted by atomic mass is 10.0. The number of nitrogens with zero attached hydrogens (tertiary/aromatic N) is 1. The Kier molecular flexibility index (Phi) is 7.65. The zero-order valence-corrected chi connectivity index (χ0v) is 18.1. The SMILES string of the molecule is CN(C)c1ccc([C@@H](CNC(=O)COc2ccc(F)cc2)[NH+]2CC[NH+](C)CC2)cc1. The lowest BCUT2D eigenvalue weighted by Crippen LogP contribution is -3.27. The van der Waals surface area contributed by atoms with Crippen LogP contribution in [0, 0.1) is 5.82 Å². The van der Waals surface area contributed by atoms with Gasteiger partial charge in [-0.2, -0.15) is 0 Å². The first-order valence-electron chi connectivity index (χ1n) is 10.5. The maximum atomic E-state index is 13.0. The first kappa shape index (κ1) is 22.1. The van der Waals surface area contributed by atoms with Crippen LogP contribution in [0.4, 0.5) is 10.1 Å². The molecule has 2 aromatic rings. The lowest BCUT2D eigenvalue weighted by Gasteiger charge is -2.33. The van der Waals surface area contributed by atoms with Gasteiger partial charge in [-0.1, -0.05) is 12.1 Å². The van der Waals surface area contributed by atoms with Gasteiger partial charge in [0.15, 0.2) is 6.61 Å². The number of nitrogens with one attached hydrogen (secondary N) is 3. The summed E-state index contributed by atoms with van der Waals surface area (Å²) in [6.07, 6.45) is 0. The lowest BCUT2D eigenvalue weighted by molar-refractivity contribution is -1.02. The van der Waals surface area contributed by atoms with E-state index < -0.39 is 0 Å². The van der Waals surface area contributed by atoms with E-state index in [1.807, 2.05) is 14.1 Å². The van der Waals surface area contributed by atoms with Crippen molar-refractivity contribution in [3.05, 3.63) is 59.9 Å². The van der Waals surface area contributed by atoms with Crippen LogP contribution in [-0.2, 0) is 4.79 Å². The predicted octanol–water partition coefficient (Wildman–Crippen LogP) is -0.459. The van der Waals surface area contributed by atoms with E-state index in [-0.39, 0.29) is 24.4 Å². The number of quaternary nitrogens is 2. The van der Waals surface area contributed by atoms with Gasteiger partial charge in [-0.05, 0) is 36.4 Å². The van der Waals surface area contributed by atoms with Crippen molar-refractivity contribution in [2.75, 3.05) is 65.4 Å². The smallest absolute Gasteiger partial charge is 0.258 e. The fourth-order valence-corrected chi connectivity index (χ4v) is 3.80. The summed E-state index contributed by atoms with van der Waals surface area (Å²) < 4.78 is 18.5. The van der Waals surface area contributed by atoms with Gasteiger partial charge in [-0.15, -0.1) is 0 Å². The molecule has 1 aliphatic heterocycles. The monoisotopic (exact) mass is 416 g/mol. The minimum Gasteiger partial charge on any atom is -0.484 e. The summed E-state index contributed by atoms with van der Waals surface area (Å²) in [6.45, 7) is 4.88. The maximum absolute atomic E-state index is 13.0. The molecule has 0 spiro atoms. The number of carbonyl (C=O) groups excluding carboxylic acids is 1. The Bertz CT molecular complexity index is 803.